The van der Waals surface area contributed by atoms with Gasteiger partial charge in [-0.15, -0.1) is 11.3 Å². The highest BCUT2D eigenvalue weighted by Crippen LogP contribution is 2.18. The summed E-state index contributed by atoms with van der Waals surface area (Å²) < 4.78 is 8.40. The summed E-state index contributed by atoms with van der Waals surface area (Å²) >= 11 is 1.71. The Morgan fingerprint density at radius 2 is 1.93 bits per heavy atom. The fourth-order valence-corrected chi connectivity index (χ4v) is 4.17. The fourth-order valence-electron chi connectivity index (χ4n) is 3.47. The predicted octanol–water partition coefficient (Wildman–Crippen LogP) is 3.16. The van der Waals surface area contributed by atoms with Gasteiger partial charge in [0.15, 0.2) is 6.61 Å². The molecule has 7 nitrogen and oxygen atoms in total. The molecule has 0 bridgehead atoms. The molecule has 3 aromatic rings. The lowest BCUT2D eigenvalue weighted by Gasteiger charge is -2.10. The molecule has 0 spiro atoms. The molecule has 0 aromatic carbocycles. The first-order valence-electron chi connectivity index (χ1n) is 9.64. The lowest BCUT2D eigenvalue weighted by molar-refractivity contribution is 0.0470. The summed E-state index contributed by atoms with van der Waals surface area (Å²) in [6.45, 7) is 7.56. The smallest absolute Gasteiger partial charge is 0.344 e. The molecule has 0 aliphatic carbocycles. The number of carbonyl (C=O) groups is 2. The number of carbonyl (C=O) groups excluding carboxylic acids is 2. The van der Waals surface area contributed by atoms with Crippen molar-refractivity contribution in [2.75, 3.05) is 6.61 Å². The van der Waals surface area contributed by atoms with Gasteiger partial charge in [0.1, 0.15) is 5.56 Å². The highest BCUT2D eigenvalue weighted by molar-refractivity contribution is 7.09. The maximum atomic E-state index is 12.7. The number of ketones is 1. The first-order valence-corrected chi connectivity index (χ1v) is 10.5. The molecule has 158 valence electrons. The van der Waals surface area contributed by atoms with Crippen LogP contribution in [-0.4, -0.2) is 32.7 Å². The van der Waals surface area contributed by atoms with E-state index in [2.05, 4.69) is 15.7 Å². The van der Waals surface area contributed by atoms with E-state index in [9.17, 15) is 14.4 Å². The van der Waals surface area contributed by atoms with E-state index < -0.39 is 18.1 Å². The van der Waals surface area contributed by atoms with Crippen molar-refractivity contribution in [2.24, 2.45) is 7.05 Å². The standard InChI is InChI=1S/C22H25N3O4S/c1-13-11-18(16(4)25(13)9-8-17-7-6-10-30-17)19(26)12-29-22(28)20-14(2)15(3)23-24(5)21(20)27/h6-7,10-11H,8-9,12H2,1-5H3. The van der Waals surface area contributed by atoms with Crippen LogP contribution in [0.2, 0.25) is 0 Å². The van der Waals surface area contributed by atoms with Crippen molar-refractivity contribution < 1.29 is 14.3 Å². The Balaban J connectivity index is 1.72. The summed E-state index contributed by atoms with van der Waals surface area (Å²) in [6, 6.07) is 5.94. The van der Waals surface area contributed by atoms with Crippen molar-refractivity contribution in [3.63, 3.8) is 0 Å². The SMILES string of the molecule is Cc1nn(C)c(=O)c(C(=O)OCC(=O)c2cc(C)n(CCc3cccs3)c2C)c1C. The van der Waals surface area contributed by atoms with Gasteiger partial charge in [0.2, 0.25) is 5.78 Å². The van der Waals surface area contributed by atoms with Crippen molar-refractivity contribution in [2.45, 2.75) is 40.7 Å². The lowest BCUT2D eigenvalue weighted by atomic mass is 10.1. The van der Waals surface area contributed by atoms with Gasteiger partial charge in [-0.05, 0) is 57.2 Å². The minimum Gasteiger partial charge on any atom is -0.454 e. The van der Waals surface area contributed by atoms with Gasteiger partial charge < -0.3 is 9.30 Å². The first-order chi connectivity index (χ1) is 14.2. The molecule has 0 aliphatic heterocycles. The average Bonchev–Trinajstić information content (AvgIpc) is 3.31. The summed E-state index contributed by atoms with van der Waals surface area (Å²) in [5, 5.41) is 6.09. The Morgan fingerprint density at radius 1 is 1.20 bits per heavy atom. The zero-order chi connectivity index (χ0) is 22.0. The van der Waals surface area contributed by atoms with Crippen LogP contribution in [0.3, 0.4) is 0 Å². The molecule has 0 amide bonds. The molecule has 3 aromatic heterocycles. The monoisotopic (exact) mass is 427 g/mol. The topological polar surface area (TPSA) is 83.2 Å². The van der Waals surface area contributed by atoms with E-state index in [0.29, 0.717) is 16.8 Å². The molecular formula is C22H25N3O4S. The van der Waals surface area contributed by atoms with Crippen LogP contribution in [0.15, 0.2) is 28.4 Å². The van der Waals surface area contributed by atoms with Gasteiger partial charge in [-0.2, -0.15) is 5.10 Å². The van der Waals surface area contributed by atoms with Gasteiger partial charge in [0.05, 0.1) is 5.69 Å². The summed E-state index contributed by atoms with van der Waals surface area (Å²) in [6.07, 6.45) is 0.889. The second kappa shape index (κ2) is 8.79. The molecule has 0 saturated carbocycles. The minimum atomic E-state index is -0.807. The van der Waals surface area contributed by atoms with Crippen molar-refractivity contribution in [1.82, 2.24) is 14.3 Å². The molecule has 0 fully saturated rings. The zero-order valence-corrected chi connectivity index (χ0v) is 18.6. The van der Waals surface area contributed by atoms with Crippen LogP contribution >= 0.6 is 11.3 Å². The third kappa shape index (κ3) is 4.28. The van der Waals surface area contributed by atoms with E-state index in [1.54, 1.807) is 25.2 Å². The van der Waals surface area contributed by atoms with Crippen molar-refractivity contribution >= 4 is 23.1 Å². The molecule has 0 N–H and O–H groups in total. The predicted molar refractivity (Wildman–Crippen MR) is 115 cm³/mol. The molecule has 30 heavy (non-hydrogen) atoms. The van der Waals surface area contributed by atoms with E-state index in [1.165, 1.54) is 11.9 Å². The summed E-state index contributed by atoms with van der Waals surface area (Å²) in [5.41, 5.74) is 2.75. The molecule has 0 radical (unpaired) electrons. The fraction of sp³-hybridized carbons (Fsp3) is 0.364. The normalized spacial score (nSPS) is 11.0. The van der Waals surface area contributed by atoms with E-state index in [-0.39, 0.29) is 11.3 Å². The molecule has 0 unspecified atom stereocenters. The third-order valence-corrected chi connectivity index (χ3v) is 6.24. The molecule has 0 aliphatic rings. The number of nitrogens with zero attached hydrogens (tertiary/aromatic N) is 3. The largest absolute Gasteiger partial charge is 0.454 e. The first kappa shape index (κ1) is 21.7. The Morgan fingerprint density at radius 3 is 2.60 bits per heavy atom. The molecule has 8 heteroatoms. The van der Waals surface area contributed by atoms with Crippen LogP contribution in [0, 0.1) is 27.7 Å². The van der Waals surface area contributed by atoms with E-state index in [1.807, 2.05) is 31.4 Å². The highest BCUT2D eigenvalue weighted by atomic mass is 32.1. The third-order valence-electron chi connectivity index (χ3n) is 5.30. The summed E-state index contributed by atoms with van der Waals surface area (Å²) in [4.78, 5) is 38.8. The summed E-state index contributed by atoms with van der Waals surface area (Å²) in [5.74, 6) is -1.10. The van der Waals surface area contributed by atoms with Crippen molar-refractivity contribution in [3.8, 4) is 0 Å². The van der Waals surface area contributed by atoms with Gasteiger partial charge >= 0.3 is 5.97 Å². The number of esters is 1. The van der Waals surface area contributed by atoms with Crippen LogP contribution in [0.25, 0.3) is 0 Å². The van der Waals surface area contributed by atoms with E-state index in [4.69, 9.17) is 4.74 Å². The number of hydrogen-bond acceptors (Lipinski definition) is 6. The van der Waals surface area contributed by atoms with Gasteiger partial charge in [-0.25, -0.2) is 9.48 Å². The molecule has 3 heterocycles. The number of ether oxygens (including phenoxy) is 1. The van der Waals surface area contributed by atoms with Crippen LogP contribution in [0.1, 0.15) is 48.2 Å². The number of thiophene rings is 1. The lowest BCUT2D eigenvalue weighted by Crippen LogP contribution is -2.30. The Labute approximate surface area is 178 Å². The second-order valence-electron chi connectivity index (χ2n) is 7.28. The average molecular weight is 428 g/mol. The quantitative estimate of drug-likeness (QED) is 0.427. The Kier molecular flexibility index (Phi) is 6.36. The number of aryl methyl sites for hydroxylation is 4. The number of aromatic nitrogens is 3. The highest BCUT2D eigenvalue weighted by Gasteiger charge is 2.22. The molecule has 0 atom stereocenters. The minimum absolute atomic E-state index is 0.0841. The van der Waals surface area contributed by atoms with Crippen LogP contribution < -0.4 is 5.56 Å². The Hall–Kier alpha value is -3.00. The van der Waals surface area contributed by atoms with Crippen LogP contribution in [0.5, 0.6) is 0 Å². The van der Waals surface area contributed by atoms with Gasteiger partial charge in [0, 0.05) is 35.4 Å². The van der Waals surface area contributed by atoms with E-state index >= 15 is 0 Å². The molecular weight excluding hydrogens is 402 g/mol. The number of rotatable bonds is 7. The maximum Gasteiger partial charge on any atom is 0.344 e. The number of hydrogen-bond donors (Lipinski definition) is 0. The van der Waals surface area contributed by atoms with Crippen molar-refractivity contribution in [1.29, 1.82) is 0 Å². The summed E-state index contributed by atoms with van der Waals surface area (Å²) in [7, 11) is 1.47. The van der Waals surface area contributed by atoms with Gasteiger partial charge in [-0.3, -0.25) is 9.59 Å². The second-order valence-corrected chi connectivity index (χ2v) is 8.31. The van der Waals surface area contributed by atoms with Crippen molar-refractivity contribution in [3.05, 3.63) is 72.6 Å². The van der Waals surface area contributed by atoms with Crippen LogP contribution in [0.4, 0.5) is 0 Å². The molecule has 3 rings (SSSR count). The maximum absolute atomic E-state index is 12.7. The number of Topliss-reactive ketones (excluding diaryl/α,β-unsaturated/α-hetero) is 1. The van der Waals surface area contributed by atoms with Gasteiger partial charge in [-0.1, -0.05) is 6.07 Å². The Bertz CT molecular complexity index is 1160. The van der Waals surface area contributed by atoms with E-state index in [0.717, 1.165) is 29.0 Å². The molecule has 0 saturated heterocycles. The zero-order valence-electron chi connectivity index (χ0n) is 17.8. The van der Waals surface area contributed by atoms with Crippen LogP contribution in [-0.2, 0) is 24.8 Å². The van der Waals surface area contributed by atoms with Gasteiger partial charge in [0.25, 0.3) is 5.56 Å².